The smallest absolute Gasteiger partial charge is 0.270 e. The van der Waals surface area contributed by atoms with E-state index in [0.717, 1.165) is 68.2 Å². The predicted molar refractivity (Wildman–Crippen MR) is 160 cm³/mol. The normalized spacial score (nSPS) is 17.5. The van der Waals surface area contributed by atoms with Crippen molar-refractivity contribution in [3.63, 3.8) is 0 Å². The van der Waals surface area contributed by atoms with Crippen LogP contribution in [0.4, 0.5) is 8.78 Å². The average Bonchev–Trinajstić information content (AvgIpc) is 3.26. The number of aliphatic hydroxyl groups is 1. The molecule has 1 aliphatic carbocycles. The molecule has 1 saturated heterocycles. The summed E-state index contributed by atoms with van der Waals surface area (Å²) in [5.74, 6) is -1.86. The SMILES string of the molecule is C\C=C/C(=C\C(=C(/C)CC)N1CCC(CNCC(O)COc2cccc3c2-c2ccccc2C3=O)CC1)C(C)(F)F. The van der Waals surface area contributed by atoms with Gasteiger partial charge in [0.1, 0.15) is 18.5 Å². The summed E-state index contributed by atoms with van der Waals surface area (Å²) in [6, 6.07) is 13.0. The van der Waals surface area contributed by atoms with Crippen molar-refractivity contribution in [2.75, 3.05) is 32.8 Å². The van der Waals surface area contributed by atoms with Gasteiger partial charge >= 0.3 is 0 Å². The van der Waals surface area contributed by atoms with E-state index in [4.69, 9.17) is 4.74 Å². The Morgan fingerprint density at radius 3 is 2.49 bits per heavy atom. The zero-order valence-electron chi connectivity index (χ0n) is 24.6. The van der Waals surface area contributed by atoms with Crippen LogP contribution in [-0.4, -0.2) is 60.6 Å². The van der Waals surface area contributed by atoms with E-state index in [1.807, 2.05) is 49.4 Å². The number of fused-ring (bicyclic) bond motifs is 3. The van der Waals surface area contributed by atoms with Crippen LogP contribution in [0.15, 0.2) is 77.5 Å². The third-order valence-electron chi connectivity index (χ3n) is 8.02. The number of halogens is 2. The molecule has 2 aromatic carbocycles. The molecule has 0 saturated carbocycles. The second kappa shape index (κ2) is 13.6. The maximum Gasteiger partial charge on any atom is 0.270 e. The number of benzene rings is 2. The van der Waals surface area contributed by atoms with E-state index in [1.54, 1.807) is 19.1 Å². The molecule has 1 fully saturated rings. The lowest BCUT2D eigenvalue weighted by Crippen LogP contribution is -2.39. The minimum Gasteiger partial charge on any atom is -0.490 e. The number of rotatable bonds is 12. The number of piperidine rings is 1. The molecule has 0 bridgehead atoms. The van der Waals surface area contributed by atoms with Gasteiger partial charge in [-0.15, -0.1) is 0 Å². The number of nitrogens with one attached hydrogen (secondary N) is 1. The van der Waals surface area contributed by atoms with Gasteiger partial charge < -0.3 is 20.1 Å². The highest BCUT2D eigenvalue weighted by Crippen LogP contribution is 2.42. The first-order chi connectivity index (χ1) is 19.6. The van der Waals surface area contributed by atoms with E-state index in [-0.39, 0.29) is 18.0 Å². The van der Waals surface area contributed by atoms with E-state index < -0.39 is 12.0 Å². The monoisotopic (exact) mass is 564 g/mol. The van der Waals surface area contributed by atoms with E-state index in [0.29, 0.717) is 29.3 Å². The maximum absolute atomic E-state index is 14.2. The molecule has 7 heteroatoms. The molecule has 0 spiro atoms. The lowest BCUT2D eigenvalue weighted by Gasteiger charge is -2.36. The number of likely N-dealkylation sites (tertiary alicyclic amines) is 1. The average molecular weight is 565 g/mol. The minimum absolute atomic E-state index is 0.000611. The lowest BCUT2D eigenvalue weighted by atomic mass is 9.95. The highest BCUT2D eigenvalue weighted by molar-refractivity contribution is 6.22. The van der Waals surface area contributed by atoms with Crippen molar-refractivity contribution in [1.29, 1.82) is 0 Å². The second-order valence-corrected chi connectivity index (χ2v) is 11.1. The molecule has 1 atom stereocenters. The highest BCUT2D eigenvalue weighted by Gasteiger charge is 2.30. The molecule has 2 N–H and O–H groups in total. The molecule has 0 aromatic heterocycles. The summed E-state index contributed by atoms with van der Waals surface area (Å²) in [5, 5.41) is 14.0. The van der Waals surface area contributed by atoms with Gasteiger partial charge in [-0.3, -0.25) is 4.79 Å². The van der Waals surface area contributed by atoms with Crippen LogP contribution in [0.3, 0.4) is 0 Å². The van der Waals surface area contributed by atoms with Crippen LogP contribution in [0.1, 0.15) is 62.9 Å². The van der Waals surface area contributed by atoms with Gasteiger partial charge in [-0.25, -0.2) is 8.78 Å². The number of aliphatic hydroxyl groups excluding tert-OH is 1. The second-order valence-electron chi connectivity index (χ2n) is 11.1. The predicted octanol–water partition coefficient (Wildman–Crippen LogP) is 6.78. The number of hydrogen-bond donors (Lipinski definition) is 2. The molecule has 220 valence electrons. The topological polar surface area (TPSA) is 61.8 Å². The first-order valence-corrected chi connectivity index (χ1v) is 14.6. The number of nitrogens with zero attached hydrogens (tertiary/aromatic N) is 1. The van der Waals surface area contributed by atoms with Crippen molar-refractivity contribution in [3.05, 3.63) is 88.7 Å². The first-order valence-electron chi connectivity index (χ1n) is 14.6. The molecule has 1 unspecified atom stereocenters. The summed E-state index contributed by atoms with van der Waals surface area (Å²) >= 11 is 0. The van der Waals surface area contributed by atoms with Gasteiger partial charge in [0.25, 0.3) is 5.92 Å². The summed E-state index contributed by atoms with van der Waals surface area (Å²) in [6.07, 6.45) is 6.80. The van der Waals surface area contributed by atoms with Crippen LogP contribution in [0.2, 0.25) is 0 Å². The van der Waals surface area contributed by atoms with Crippen molar-refractivity contribution in [1.82, 2.24) is 10.2 Å². The number of hydrogen-bond acceptors (Lipinski definition) is 5. The fourth-order valence-corrected chi connectivity index (χ4v) is 5.55. The van der Waals surface area contributed by atoms with Crippen LogP contribution in [0.25, 0.3) is 11.1 Å². The molecule has 1 aliphatic heterocycles. The molecule has 4 rings (SSSR count). The Hall–Kier alpha value is -3.29. The highest BCUT2D eigenvalue weighted by atomic mass is 19.3. The summed E-state index contributed by atoms with van der Waals surface area (Å²) in [4.78, 5) is 15.0. The van der Waals surface area contributed by atoms with Gasteiger partial charge in [0, 0.05) is 54.5 Å². The third kappa shape index (κ3) is 7.32. The van der Waals surface area contributed by atoms with Crippen molar-refractivity contribution in [2.45, 2.75) is 59.0 Å². The minimum atomic E-state index is -2.90. The molecule has 2 aliphatic rings. The number of carbonyl (C=O) groups excluding carboxylic acids is 1. The van der Waals surface area contributed by atoms with E-state index in [9.17, 15) is 18.7 Å². The molecule has 5 nitrogen and oxygen atoms in total. The molecular formula is C34H42F2N2O3. The van der Waals surface area contributed by atoms with Gasteiger partial charge in [0.15, 0.2) is 5.78 Å². The molecule has 41 heavy (non-hydrogen) atoms. The summed E-state index contributed by atoms with van der Waals surface area (Å²) in [6.45, 7) is 9.66. The maximum atomic E-state index is 14.2. The Labute approximate surface area is 242 Å². The number of alkyl halides is 2. The molecule has 2 aromatic rings. The van der Waals surface area contributed by atoms with Gasteiger partial charge in [-0.2, -0.15) is 0 Å². The Balaban J connectivity index is 1.27. The Bertz CT molecular complexity index is 1320. The number of ether oxygens (including phenoxy) is 1. The van der Waals surface area contributed by atoms with Crippen LogP contribution in [0, 0.1) is 5.92 Å². The van der Waals surface area contributed by atoms with Crippen molar-refractivity contribution in [2.24, 2.45) is 5.92 Å². The third-order valence-corrected chi connectivity index (χ3v) is 8.02. The zero-order valence-corrected chi connectivity index (χ0v) is 24.6. The fraction of sp³-hybridized carbons (Fsp3) is 0.441. The molecule has 0 amide bonds. The molecular weight excluding hydrogens is 522 g/mol. The number of allylic oxidation sites excluding steroid dienone is 5. The van der Waals surface area contributed by atoms with Crippen LogP contribution < -0.4 is 10.1 Å². The van der Waals surface area contributed by atoms with Gasteiger partial charge in [0.2, 0.25) is 0 Å². The zero-order chi connectivity index (χ0) is 29.6. The quantitative estimate of drug-likeness (QED) is 0.238. The first kappa shape index (κ1) is 30.7. The fourth-order valence-electron chi connectivity index (χ4n) is 5.55. The Kier molecular flexibility index (Phi) is 10.2. The molecule has 1 heterocycles. The van der Waals surface area contributed by atoms with Crippen LogP contribution in [0.5, 0.6) is 5.75 Å². The summed E-state index contributed by atoms with van der Waals surface area (Å²) < 4.78 is 34.4. The van der Waals surface area contributed by atoms with Gasteiger partial charge in [0.05, 0.1) is 0 Å². The largest absolute Gasteiger partial charge is 0.490 e. The number of carbonyl (C=O) groups is 1. The Morgan fingerprint density at radius 1 is 1.15 bits per heavy atom. The standard InChI is InChI=1S/C34H42F2N2O3/c1-5-10-25(34(4,35)36)19-30(23(3)6-2)38-17-15-24(16-18-38)20-37-21-26(39)22-41-31-14-9-13-29-32(31)27-11-7-8-12-28(27)33(29)40/h5,7-14,19,24,26,37,39H,6,15-18,20-22H2,1-4H3/b10-5-,25-19+,30-23-. The van der Waals surface area contributed by atoms with Crippen LogP contribution >= 0.6 is 0 Å². The lowest BCUT2D eigenvalue weighted by molar-refractivity contribution is 0.0670. The summed E-state index contributed by atoms with van der Waals surface area (Å²) in [5.41, 5.74) is 5.00. The van der Waals surface area contributed by atoms with Gasteiger partial charge in [-0.1, -0.05) is 61.0 Å². The van der Waals surface area contributed by atoms with E-state index >= 15 is 0 Å². The van der Waals surface area contributed by atoms with E-state index in [2.05, 4.69) is 17.1 Å². The Morgan fingerprint density at radius 2 is 1.83 bits per heavy atom. The van der Waals surface area contributed by atoms with Crippen molar-refractivity contribution < 1.29 is 23.4 Å². The number of ketones is 1. The van der Waals surface area contributed by atoms with Crippen molar-refractivity contribution in [3.8, 4) is 16.9 Å². The molecule has 0 radical (unpaired) electrons. The van der Waals surface area contributed by atoms with E-state index in [1.165, 1.54) is 6.08 Å². The van der Waals surface area contributed by atoms with Crippen LogP contribution in [-0.2, 0) is 0 Å². The summed E-state index contributed by atoms with van der Waals surface area (Å²) in [7, 11) is 0. The van der Waals surface area contributed by atoms with Crippen molar-refractivity contribution >= 4 is 5.78 Å². The van der Waals surface area contributed by atoms with Gasteiger partial charge in [-0.05, 0) is 63.3 Å².